The molecule has 0 N–H and O–H groups in total. The van der Waals surface area contributed by atoms with Gasteiger partial charge in [-0.05, 0) is 0 Å². The molecule has 0 saturated heterocycles. The summed E-state index contributed by atoms with van der Waals surface area (Å²) in [6, 6.07) is 33.0. The van der Waals surface area contributed by atoms with Crippen LogP contribution in [0.4, 0.5) is 0 Å². The van der Waals surface area contributed by atoms with Crippen LogP contribution in [0.2, 0.25) is 0 Å². The molecule has 21 heavy (non-hydrogen) atoms. The van der Waals surface area contributed by atoms with Gasteiger partial charge in [0, 0.05) is 0 Å². The molecular weight excluding hydrogens is 309 g/mol. The summed E-state index contributed by atoms with van der Waals surface area (Å²) in [6.07, 6.45) is 0. The zero-order valence-electron chi connectivity index (χ0n) is 11.7. The zero-order chi connectivity index (χ0) is 14.5. The fraction of sp³-hybridized carbons (Fsp3) is 0. The summed E-state index contributed by atoms with van der Waals surface area (Å²) in [6.45, 7) is -1.91. The third kappa shape index (κ3) is 2.82. The van der Waals surface area contributed by atoms with Crippen LogP contribution in [0.5, 0.6) is 0 Å². The van der Waals surface area contributed by atoms with Gasteiger partial charge in [-0.2, -0.15) is 0 Å². The molecule has 2 atom stereocenters. The number of hydrogen-bond donors (Lipinski definition) is 0. The van der Waals surface area contributed by atoms with Gasteiger partial charge in [-0.1, -0.05) is 0 Å². The van der Waals surface area contributed by atoms with Crippen molar-refractivity contribution < 1.29 is 0 Å². The first kappa shape index (κ1) is 14.9. The third-order valence-electron chi connectivity index (χ3n) is 3.84. The van der Waals surface area contributed by atoms with Gasteiger partial charge >= 0.3 is 131 Å². The van der Waals surface area contributed by atoms with Crippen LogP contribution in [0.15, 0.2) is 91.0 Å². The van der Waals surface area contributed by atoms with E-state index in [9.17, 15) is 0 Å². The van der Waals surface area contributed by atoms with E-state index >= 15 is 0 Å². The molecule has 0 heterocycles. The molecule has 0 aliphatic rings. The molecule has 0 fully saturated rings. The SMILES string of the molecule is PP[PH](c1ccccc1)(c1ccccc1)c1ccccc1. The zero-order valence-corrected chi connectivity index (χ0v) is 14.9. The van der Waals surface area contributed by atoms with Crippen LogP contribution < -0.4 is 15.9 Å². The molecule has 0 aliphatic carbocycles. The van der Waals surface area contributed by atoms with E-state index in [1.807, 2.05) is 0 Å². The van der Waals surface area contributed by atoms with Crippen molar-refractivity contribution in [3.8, 4) is 0 Å². The van der Waals surface area contributed by atoms with Crippen molar-refractivity contribution in [2.45, 2.75) is 0 Å². The van der Waals surface area contributed by atoms with Crippen LogP contribution in [0.25, 0.3) is 0 Å². The third-order valence-corrected chi connectivity index (χ3v) is 15.7. The molecule has 0 nitrogen and oxygen atoms in total. The monoisotopic (exact) mass is 328 g/mol. The predicted octanol–water partition coefficient (Wildman–Crippen LogP) is 4.10. The Morgan fingerprint density at radius 1 is 0.524 bits per heavy atom. The van der Waals surface area contributed by atoms with Crippen LogP contribution in [0, 0.1) is 0 Å². The van der Waals surface area contributed by atoms with Gasteiger partial charge in [0.05, 0.1) is 0 Å². The Labute approximate surface area is 131 Å². The molecule has 3 heteroatoms. The van der Waals surface area contributed by atoms with Gasteiger partial charge in [0.25, 0.3) is 0 Å². The quantitative estimate of drug-likeness (QED) is 0.633. The summed E-state index contributed by atoms with van der Waals surface area (Å²) in [5.41, 5.74) is 0. The molecule has 0 aromatic heterocycles. The molecular formula is C18H19P3. The maximum atomic E-state index is 3.03. The second-order valence-electron chi connectivity index (χ2n) is 4.99. The Morgan fingerprint density at radius 3 is 1.05 bits per heavy atom. The molecule has 3 aromatic carbocycles. The average Bonchev–Trinajstić information content (AvgIpc) is 2.59. The number of hydrogen-bond acceptors (Lipinski definition) is 0. The molecule has 0 amide bonds. The molecule has 3 aromatic rings. The predicted molar refractivity (Wildman–Crippen MR) is 105 cm³/mol. The van der Waals surface area contributed by atoms with Crippen molar-refractivity contribution in [2.75, 3.05) is 0 Å². The Kier molecular flexibility index (Phi) is 4.82. The number of rotatable bonds is 4. The Bertz CT molecular complexity index is 585. The Hall–Kier alpha value is -1.05. The van der Waals surface area contributed by atoms with E-state index in [0.717, 1.165) is 7.96 Å². The normalized spacial score (nSPS) is 12.6. The van der Waals surface area contributed by atoms with Gasteiger partial charge in [-0.25, -0.2) is 0 Å². The fourth-order valence-corrected chi connectivity index (χ4v) is 13.9. The van der Waals surface area contributed by atoms with Gasteiger partial charge in [0.15, 0.2) is 0 Å². The van der Waals surface area contributed by atoms with E-state index in [4.69, 9.17) is 0 Å². The van der Waals surface area contributed by atoms with Crippen molar-refractivity contribution in [3.05, 3.63) is 91.0 Å². The standard InChI is InChI=1S/C18H19P3/c19-20-21(16-10-4-1-5-11-16,17-12-6-2-7-13-17)18-14-8-3-9-15-18/h1-15,20-21H,19H2. The Balaban J connectivity index is 2.29. The van der Waals surface area contributed by atoms with Gasteiger partial charge < -0.3 is 0 Å². The van der Waals surface area contributed by atoms with E-state index < -0.39 is 6.95 Å². The van der Waals surface area contributed by atoms with Gasteiger partial charge in [-0.15, -0.1) is 0 Å². The first-order chi connectivity index (χ1) is 10.4. The minimum atomic E-state index is -1.91. The van der Waals surface area contributed by atoms with Crippen molar-refractivity contribution in [1.82, 2.24) is 0 Å². The van der Waals surface area contributed by atoms with Crippen LogP contribution in [-0.4, -0.2) is 0 Å². The second kappa shape index (κ2) is 6.81. The first-order valence-electron chi connectivity index (χ1n) is 7.02. The summed E-state index contributed by atoms with van der Waals surface area (Å²) in [5, 5.41) is 4.45. The van der Waals surface area contributed by atoms with Crippen LogP contribution in [0.1, 0.15) is 0 Å². The molecule has 3 rings (SSSR count). The molecule has 106 valence electrons. The molecule has 0 bridgehead atoms. The average molecular weight is 328 g/mol. The topological polar surface area (TPSA) is 0 Å². The summed E-state index contributed by atoms with van der Waals surface area (Å²) in [5.74, 6) is 0. The summed E-state index contributed by atoms with van der Waals surface area (Å²) >= 11 is 0. The van der Waals surface area contributed by atoms with Crippen molar-refractivity contribution in [1.29, 1.82) is 0 Å². The van der Waals surface area contributed by atoms with Gasteiger partial charge in [0.1, 0.15) is 0 Å². The molecule has 2 unspecified atom stereocenters. The molecule has 0 saturated carbocycles. The van der Waals surface area contributed by atoms with Gasteiger partial charge in [-0.3, -0.25) is 0 Å². The van der Waals surface area contributed by atoms with E-state index in [0.29, 0.717) is 0 Å². The van der Waals surface area contributed by atoms with E-state index in [1.54, 1.807) is 0 Å². The van der Waals surface area contributed by atoms with Crippen molar-refractivity contribution in [3.63, 3.8) is 0 Å². The molecule has 0 aliphatic heterocycles. The second-order valence-corrected chi connectivity index (χ2v) is 14.2. The number of benzene rings is 3. The van der Waals surface area contributed by atoms with Crippen LogP contribution in [0.3, 0.4) is 0 Å². The molecule has 0 spiro atoms. The Morgan fingerprint density at radius 2 is 0.810 bits per heavy atom. The summed E-state index contributed by atoms with van der Waals surface area (Å²) < 4.78 is 0. The summed E-state index contributed by atoms with van der Waals surface area (Å²) in [4.78, 5) is 0. The van der Waals surface area contributed by atoms with Crippen LogP contribution >= 0.6 is 23.8 Å². The van der Waals surface area contributed by atoms with Crippen LogP contribution in [-0.2, 0) is 0 Å². The minimum absolute atomic E-state index is 0.807. The summed E-state index contributed by atoms with van der Waals surface area (Å²) in [7, 11) is 3.84. The fourth-order valence-electron chi connectivity index (χ4n) is 2.81. The molecule has 0 radical (unpaired) electrons. The van der Waals surface area contributed by atoms with Gasteiger partial charge in [0.2, 0.25) is 0 Å². The van der Waals surface area contributed by atoms with E-state index in [2.05, 4.69) is 99.9 Å². The van der Waals surface area contributed by atoms with E-state index in [1.165, 1.54) is 15.9 Å². The maximum absolute atomic E-state index is 3.03. The first-order valence-corrected chi connectivity index (χ1v) is 12.8. The van der Waals surface area contributed by atoms with Crippen molar-refractivity contribution in [2.24, 2.45) is 0 Å². The van der Waals surface area contributed by atoms with E-state index in [-0.39, 0.29) is 0 Å². The van der Waals surface area contributed by atoms with Crippen molar-refractivity contribution >= 4 is 39.8 Å².